The van der Waals surface area contributed by atoms with Crippen LogP contribution in [0.3, 0.4) is 0 Å². The van der Waals surface area contributed by atoms with E-state index in [-0.39, 0.29) is 19.2 Å². The zero-order chi connectivity index (χ0) is 19.0. The number of rotatable bonds is 6. The molecule has 0 bridgehead atoms. The minimum atomic E-state index is -4.50. The lowest BCUT2D eigenvalue weighted by Crippen LogP contribution is -2.40. The topological polar surface area (TPSA) is 58.5 Å². The van der Waals surface area contributed by atoms with Gasteiger partial charge in [-0.3, -0.25) is 4.99 Å². The number of halogens is 3. The molecule has 0 spiro atoms. The van der Waals surface area contributed by atoms with Crippen LogP contribution in [0.4, 0.5) is 13.2 Å². The van der Waals surface area contributed by atoms with Crippen molar-refractivity contribution in [2.75, 3.05) is 20.2 Å². The summed E-state index contributed by atoms with van der Waals surface area (Å²) in [5.74, 6) is 0.101. The van der Waals surface area contributed by atoms with Gasteiger partial charge in [0.2, 0.25) is 5.88 Å². The van der Waals surface area contributed by atoms with E-state index in [1.54, 1.807) is 7.05 Å². The monoisotopic (exact) mass is 366 g/mol. The van der Waals surface area contributed by atoms with Gasteiger partial charge in [0.05, 0.1) is 12.6 Å². The second-order valence-electron chi connectivity index (χ2n) is 5.48. The van der Waals surface area contributed by atoms with Gasteiger partial charge in [0.1, 0.15) is 12.2 Å². The molecule has 2 aromatic rings. The zero-order valence-corrected chi connectivity index (χ0v) is 14.5. The molecule has 0 saturated heterocycles. The lowest BCUT2D eigenvalue weighted by Gasteiger charge is -2.18. The average Bonchev–Trinajstić information content (AvgIpc) is 2.64. The Labute approximate surface area is 150 Å². The molecule has 2 N–H and O–H groups in total. The van der Waals surface area contributed by atoms with E-state index >= 15 is 0 Å². The summed E-state index contributed by atoms with van der Waals surface area (Å²) in [4.78, 5) is 7.75. The molecule has 0 saturated carbocycles. The second-order valence-corrected chi connectivity index (χ2v) is 5.48. The number of aliphatic imine (C=N–C) groups is 1. The standard InChI is InChI=1S/C18H21F3N4O/c1-13(14-7-4-3-5-8-14)25-17(22-2)24-11-12-26-16-15(18(19,20)21)9-6-10-23-16/h3-10,13H,11-12H2,1-2H3,(H2,22,24,25). The summed E-state index contributed by atoms with van der Waals surface area (Å²) < 4.78 is 43.8. The molecule has 0 amide bonds. The van der Waals surface area contributed by atoms with Gasteiger partial charge in [0.15, 0.2) is 5.96 Å². The third-order valence-electron chi connectivity index (χ3n) is 3.59. The Bertz CT molecular complexity index is 720. The highest BCUT2D eigenvalue weighted by Crippen LogP contribution is 2.34. The minimum absolute atomic E-state index is 0.0144. The number of aromatic nitrogens is 1. The Kier molecular flexibility index (Phi) is 6.82. The van der Waals surface area contributed by atoms with Crippen LogP contribution in [0.5, 0.6) is 5.88 Å². The largest absolute Gasteiger partial charge is 0.475 e. The Morgan fingerprint density at radius 3 is 2.58 bits per heavy atom. The van der Waals surface area contributed by atoms with Crippen LogP contribution in [0, 0.1) is 0 Å². The van der Waals surface area contributed by atoms with Gasteiger partial charge in [-0.15, -0.1) is 0 Å². The third kappa shape index (κ3) is 5.65. The third-order valence-corrected chi connectivity index (χ3v) is 3.59. The van der Waals surface area contributed by atoms with Crippen LogP contribution in [0.15, 0.2) is 53.7 Å². The van der Waals surface area contributed by atoms with Crippen molar-refractivity contribution in [1.82, 2.24) is 15.6 Å². The van der Waals surface area contributed by atoms with Gasteiger partial charge in [0, 0.05) is 13.2 Å². The molecule has 0 fully saturated rings. The molecule has 140 valence electrons. The first kappa shape index (κ1) is 19.6. The summed E-state index contributed by atoms with van der Waals surface area (Å²) in [6.07, 6.45) is -3.24. The molecule has 0 aliphatic rings. The highest BCUT2D eigenvalue weighted by molar-refractivity contribution is 5.80. The number of hydrogen-bond acceptors (Lipinski definition) is 3. The van der Waals surface area contributed by atoms with E-state index in [4.69, 9.17) is 4.74 Å². The van der Waals surface area contributed by atoms with E-state index in [9.17, 15) is 13.2 Å². The van der Waals surface area contributed by atoms with Crippen molar-refractivity contribution in [3.8, 4) is 5.88 Å². The van der Waals surface area contributed by atoms with Crippen LogP contribution in [-0.4, -0.2) is 31.1 Å². The first-order valence-corrected chi connectivity index (χ1v) is 8.09. The molecule has 5 nitrogen and oxygen atoms in total. The quantitative estimate of drug-likeness (QED) is 0.467. The second kappa shape index (κ2) is 9.07. The van der Waals surface area contributed by atoms with E-state index < -0.39 is 17.6 Å². The molecule has 1 heterocycles. The summed E-state index contributed by atoms with van der Waals surface area (Å²) in [6.45, 7) is 2.28. The molecule has 1 atom stereocenters. The number of guanidine groups is 1. The van der Waals surface area contributed by atoms with Crippen LogP contribution >= 0.6 is 0 Å². The van der Waals surface area contributed by atoms with Crippen molar-refractivity contribution >= 4 is 5.96 Å². The fourth-order valence-corrected chi connectivity index (χ4v) is 2.26. The summed E-state index contributed by atoms with van der Waals surface area (Å²) in [6, 6.07) is 12.0. The van der Waals surface area contributed by atoms with Crippen LogP contribution in [0.1, 0.15) is 24.1 Å². The van der Waals surface area contributed by atoms with Gasteiger partial charge < -0.3 is 15.4 Å². The Morgan fingerprint density at radius 1 is 1.19 bits per heavy atom. The first-order chi connectivity index (χ1) is 12.4. The van der Waals surface area contributed by atoms with Crippen LogP contribution < -0.4 is 15.4 Å². The van der Waals surface area contributed by atoms with Crippen molar-refractivity contribution in [3.63, 3.8) is 0 Å². The summed E-state index contributed by atoms with van der Waals surface area (Å²) in [5.41, 5.74) is 0.204. The fourth-order valence-electron chi connectivity index (χ4n) is 2.26. The molecular weight excluding hydrogens is 345 g/mol. The smallest absolute Gasteiger partial charge is 0.421 e. The van der Waals surface area contributed by atoms with E-state index in [0.29, 0.717) is 5.96 Å². The van der Waals surface area contributed by atoms with Crippen LogP contribution in [0.2, 0.25) is 0 Å². The highest BCUT2D eigenvalue weighted by atomic mass is 19.4. The van der Waals surface area contributed by atoms with Crippen molar-refractivity contribution in [2.45, 2.75) is 19.1 Å². The molecule has 2 rings (SSSR count). The van der Waals surface area contributed by atoms with E-state index in [1.807, 2.05) is 37.3 Å². The van der Waals surface area contributed by atoms with Crippen LogP contribution in [-0.2, 0) is 6.18 Å². The maximum atomic E-state index is 12.9. The maximum absolute atomic E-state index is 12.9. The molecule has 0 aliphatic heterocycles. The molecule has 26 heavy (non-hydrogen) atoms. The molecule has 0 aliphatic carbocycles. The number of pyridine rings is 1. The van der Waals surface area contributed by atoms with Crippen molar-refractivity contribution < 1.29 is 17.9 Å². The number of nitrogens with one attached hydrogen (secondary N) is 2. The lowest BCUT2D eigenvalue weighted by molar-refractivity contribution is -0.139. The number of hydrogen-bond donors (Lipinski definition) is 2. The van der Waals surface area contributed by atoms with Gasteiger partial charge >= 0.3 is 6.18 Å². The first-order valence-electron chi connectivity index (χ1n) is 8.09. The van der Waals surface area contributed by atoms with E-state index in [0.717, 1.165) is 11.6 Å². The molecule has 1 unspecified atom stereocenters. The number of benzene rings is 1. The van der Waals surface area contributed by atoms with Crippen LogP contribution in [0.25, 0.3) is 0 Å². The summed E-state index contributed by atoms with van der Waals surface area (Å²) >= 11 is 0. The average molecular weight is 366 g/mol. The predicted octanol–water partition coefficient (Wildman–Crippen LogP) is 3.41. The Balaban J connectivity index is 1.84. The fraction of sp³-hybridized carbons (Fsp3) is 0.333. The minimum Gasteiger partial charge on any atom is -0.475 e. The molecule has 1 aromatic carbocycles. The molecule has 1 aromatic heterocycles. The highest BCUT2D eigenvalue weighted by Gasteiger charge is 2.34. The SMILES string of the molecule is CN=C(NCCOc1ncccc1C(F)(F)F)NC(C)c1ccccc1. The normalized spacial score (nSPS) is 13.2. The zero-order valence-electron chi connectivity index (χ0n) is 14.5. The van der Waals surface area contributed by atoms with Gasteiger partial charge in [0.25, 0.3) is 0 Å². The summed E-state index contributed by atoms with van der Waals surface area (Å²) in [5, 5.41) is 6.21. The van der Waals surface area contributed by atoms with E-state index in [1.165, 1.54) is 12.3 Å². The maximum Gasteiger partial charge on any atom is 0.421 e. The van der Waals surface area contributed by atoms with Gasteiger partial charge in [-0.1, -0.05) is 30.3 Å². The van der Waals surface area contributed by atoms with Crippen molar-refractivity contribution in [2.24, 2.45) is 4.99 Å². The number of alkyl halides is 3. The Hall–Kier alpha value is -2.77. The van der Waals surface area contributed by atoms with Gasteiger partial charge in [-0.05, 0) is 24.6 Å². The van der Waals surface area contributed by atoms with Gasteiger partial charge in [-0.25, -0.2) is 4.98 Å². The van der Waals surface area contributed by atoms with Gasteiger partial charge in [-0.2, -0.15) is 13.2 Å². The molecule has 8 heteroatoms. The molecular formula is C18H21F3N4O. The predicted molar refractivity (Wildman–Crippen MR) is 94.1 cm³/mol. The number of nitrogens with zero attached hydrogens (tertiary/aromatic N) is 2. The van der Waals surface area contributed by atoms with E-state index in [2.05, 4.69) is 20.6 Å². The molecule has 0 radical (unpaired) electrons. The van der Waals surface area contributed by atoms with Crippen molar-refractivity contribution in [1.29, 1.82) is 0 Å². The Morgan fingerprint density at radius 2 is 1.92 bits per heavy atom. The lowest BCUT2D eigenvalue weighted by atomic mass is 10.1. The van der Waals surface area contributed by atoms with Crippen molar-refractivity contribution in [3.05, 3.63) is 59.8 Å². The number of ether oxygens (including phenoxy) is 1. The summed E-state index contributed by atoms with van der Waals surface area (Å²) in [7, 11) is 1.62.